The lowest BCUT2D eigenvalue weighted by Crippen LogP contribution is -2.46. The van der Waals surface area contributed by atoms with E-state index in [0.29, 0.717) is 0 Å². The number of ether oxygens (including phenoxy) is 1. The lowest BCUT2D eigenvalue weighted by atomic mass is 10.1. The fourth-order valence-corrected chi connectivity index (χ4v) is 2.07. The first-order valence-electron chi connectivity index (χ1n) is 6.22. The van der Waals surface area contributed by atoms with Gasteiger partial charge in [-0.1, -0.05) is 26.7 Å². The first-order chi connectivity index (χ1) is 8.41. The van der Waals surface area contributed by atoms with Crippen LogP contribution in [0.3, 0.4) is 0 Å². The third kappa shape index (κ3) is 4.01. The molecule has 102 valence electrons. The van der Waals surface area contributed by atoms with Crippen LogP contribution in [0, 0.1) is 11.8 Å². The molecule has 0 bridgehead atoms. The number of carbonyl (C=O) groups is 3. The largest absolute Gasteiger partial charge is 0.452 e. The van der Waals surface area contributed by atoms with E-state index in [9.17, 15) is 14.4 Å². The van der Waals surface area contributed by atoms with Crippen LogP contribution in [0.15, 0.2) is 0 Å². The summed E-state index contributed by atoms with van der Waals surface area (Å²) in [6, 6.07) is -0.942. The van der Waals surface area contributed by atoms with E-state index in [-0.39, 0.29) is 17.8 Å². The van der Waals surface area contributed by atoms with Crippen LogP contribution in [0.2, 0.25) is 0 Å². The lowest BCUT2D eigenvalue weighted by molar-refractivity contribution is -0.162. The van der Waals surface area contributed by atoms with Crippen LogP contribution in [-0.4, -0.2) is 24.0 Å². The van der Waals surface area contributed by atoms with Crippen molar-refractivity contribution in [1.82, 2.24) is 5.32 Å². The zero-order valence-corrected chi connectivity index (χ0v) is 10.8. The van der Waals surface area contributed by atoms with Crippen LogP contribution in [-0.2, 0) is 14.3 Å². The molecule has 1 atom stereocenters. The molecule has 6 heteroatoms. The summed E-state index contributed by atoms with van der Waals surface area (Å²) >= 11 is 0. The van der Waals surface area contributed by atoms with Gasteiger partial charge in [0.2, 0.25) is 0 Å². The third-order valence-electron chi connectivity index (χ3n) is 3.04. The Morgan fingerprint density at radius 1 is 1.22 bits per heavy atom. The Morgan fingerprint density at radius 3 is 2.22 bits per heavy atom. The summed E-state index contributed by atoms with van der Waals surface area (Å²) in [4.78, 5) is 34.1. The molecule has 0 aliphatic heterocycles. The van der Waals surface area contributed by atoms with E-state index >= 15 is 0 Å². The normalized spacial score (nSPS) is 17.5. The molecule has 1 rings (SSSR count). The molecule has 0 unspecified atom stereocenters. The second-order valence-corrected chi connectivity index (χ2v) is 4.94. The predicted octanol–water partition coefficient (Wildman–Crippen LogP) is 0.939. The molecule has 0 radical (unpaired) electrons. The number of primary amides is 1. The molecule has 3 amide bonds. The highest BCUT2D eigenvalue weighted by atomic mass is 16.5. The fourth-order valence-electron chi connectivity index (χ4n) is 2.07. The van der Waals surface area contributed by atoms with Gasteiger partial charge in [0.15, 0.2) is 6.10 Å². The van der Waals surface area contributed by atoms with Crippen molar-refractivity contribution in [2.45, 2.75) is 45.6 Å². The third-order valence-corrected chi connectivity index (χ3v) is 3.04. The minimum atomic E-state index is -0.967. The van der Waals surface area contributed by atoms with Crippen molar-refractivity contribution >= 4 is 17.9 Å². The topological polar surface area (TPSA) is 98.5 Å². The van der Waals surface area contributed by atoms with Gasteiger partial charge in [0.1, 0.15) is 0 Å². The number of urea groups is 1. The van der Waals surface area contributed by atoms with Gasteiger partial charge in [0, 0.05) is 0 Å². The molecule has 0 heterocycles. The van der Waals surface area contributed by atoms with Gasteiger partial charge in [0.25, 0.3) is 5.91 Å². The van der Waals surface area contributed by atoms with E-state index in [2.05, 4.69) is 0 Å². The Hall–Kier alpha value is -1.59. The van der Waals surface area contributed by atoms with Crippen LogP contribution in [0.4, 0.5) is 4.79 Å². The Balaban J connectivity index is 2.59. The molecule has 0 saturated heterocycles. The molecule has 0 aromatic carbocycles. The van der Waals surface area contributed by atoms with Crippen LogP contribution in [0.25, 0.3) is 0 Å². The molecular formula is C12H20N2O4. The average molecular weight is 256 g/mol. The molecule has 6 nitrogen and oxygen atoms in total. The molecule has 1 aliphatic rings. The highest BCUT2D eigenvalue weighted by molar-refractivity contribution is 5.96. The minimum absolute atomic E-state index is 0.118. The van der Waals surface area contributed by atoms with E-state index < -0.39 is 18.0 Å². The van der Waals surface area contributed by atoms with Crippen LogP contribution < -0.4 is 11.1 Å². The first-order valence-corrected chi connectivity index (χ1v) is 6.22. The molecule has 0 spiro atoms. The molecule has 3 N–H and O–H groups in total. The average Bonchev–Trinajstić information content (AvgIpc) is 2.77. The van der Waals surface area contributed by atoms with Crippen molar-refractivity contribution in [2.24, 2.45) is 17.6 Å². The Bertz CT molecular complexity index is 335. The number of hydrogen-bond donors (Lipinski definition) is 2. The highest BCUT2D eigenvalue weighted by Crippen LogP contribution is 2.26. The number of imide groups is 1. The molecule has 0 aromatic rings. The number of nitrogens with one attached hydrogen (secondary N) is 1. The number of nitrogens with two attached hydrogens (primary N) is 1. The van der Waals surface area contributed by atoms with Gasteiger partial charge in [-0.15, -0.1) is 0 Å². The summed E-state index contributed by atoms with van der Waals surface area (Å²) < 4.78 is 5.20. The van der Waals surface area contributed by atoms with E-state index in [1.165, 1.54) is 0 Å². The summed E-state index contributed by atoms with van der Waals surface area (Å²) in [7, 11) is 0. The Kier molecular flexibility index (Phi) is 5.12. The number of rotatable bonds is 4. The second-order valence-electron chi connectivity index (χ2n) is 4.94. The van der Waals surface area contributed by atoms with E-state index in [1.807, 2.05) is 5.32 Å². The minimum Gasteiger partial charge on any atom is -0.452 e. The standard InChI is InChI=1S/C12H20N2O4/c1-7(2)9(10(15)14-12(13)17)18-11(16)8-5-3-4-6-8/h7-9H,3-6H2,1-2H3,(H3,13,14,15,17)/t9-/m0/s1. The van der Waals surface area contributed by atoms with Gasteiger partial charge in [-0.3, -0.25) is 14.9 Å². The van der Waals surface area contributed by atoms with E-state index in [4.69, 9.17) is 10.5 Å². The SMILES string of the molecule is CC(C)[C@H](OC(=O)C1CCCC1)C(=O)NC(N)=O. The van der Waals surface area contributed by atoms with E-state index in [1.54, 1.807) is 13.8 Å². The number of carbonyl (C=O) groups excluding carboxylic acids is 3. The van der Waals surface area contributed by atoms with Crippen molar-refractivity contribution in [3.8, 4) is 0 Å². The zero-order chi connectivity index (χ0) is 13.7. The zero-order valence-electron chi connectivity index (χ0n) is 10.8. The maximum atomic E-state index is 11.8. The van der Waals surface area contributed by atoms with Gasteiger partial charge < -0.3 is 10.5 Å². The number of amides is 3. The molecule has 18 heavy (non-hydrogen) atoms. The summed E-state index contributed by atoms with van der Waals surface area (Å²) in [5.74, 6) is -1.35. The van der Waals surface area contributed by atoms with Crippen molar-refractivity contribution in [1.29, 1.82) is 0 Å². The van der Waals surface area contributed by atoms with Crippen molar-refractivity contribution in [2.75, 3.05) is 0 Å². The maximum absolute atomic E-state index is 11.8. The van der Waals surface area contributed by atoms with Gasteiger partial charge in [-0.25, -0.2) is 4.79 Å². The Morgan fingerprint density at radius 2 is 1.78 bits per heavy atom. The fraction of sp³-hybridized carbons (Fsp3) is 0.750. The first kappa shape index (κ1) is 14.5. The highest BCUT2D eigenvalue weighted by Gasteiger charge is 2.31. The molecule has 0 aromatic heterocycles. The monoisotopic (exact) mass is 256 g/mol. The summed E-state index contributed by atoms with van der Waals surface area (Å²) in [5, 5.41) is 1.94. The van der Waals surface area contributed by atoms with Crippen molar-refractivity contribution in [3.63, 3.8) is 0 Å². The van der Waals surface area contributed by atoms with Gasteiger partial charge in [-0.05, 0) is 18.8 Å². The summed E-state index contributed by atoms with van der Waals surface area (Å²) in [5.41, 5.74) is 4.87. The van der Waals surface area contributed by atoms with Gasteiger partial charge in [0.05, 0.1) is 5.92 Å². The predicted molar refractivity (Wildman–Crippen MR) is 64.4 cm³/mol. The Labute approximate surface area is 106 Å². The van der Waals surface area contributed by atoms with Gasteiger partial charge >= 0.3 is 12.0 Å². The van der Waals surface area contributed by atoms with Gasteiger partial charge in [-0.2, -0.15) is 0 Å². The van der Waals surface area contributed by atoms with Crippen LogP contribution in [0.5, 0.6) is 0 Å². The molecule has 1 fully saturated rings. The van der Waals surface area contributed by atoms with E-state index in [0.717, 1.165) is 25.7 Å². The second kappa shape index (κ2) is 6.37. The molecular weight excluding hydrogens is 236 g/mol. The molecule has 1 saturated carbocycles. The lowest BCUT2D eigenvalue weighted by Gasteiger charge is -2.21. The van der Waals surface area contributed by atoms with Crippen molar-refractivity contribution in [3.05, 3.63) is 0 Å². The summed E-state index contributed by atoms with van der Waals surface area (Å²) in [6.45, 7) is 3.49. The van der Waals surface area contributed by atoms with Crippen LogP contribution in [0.1, 0.15) is 39.5 Å². The molecule has 1 aliphatic carbocycles. The smallest absolute Gasteiger partial charge is 0.318 e. The van der Waals surface area contributed by atoms with Crippen molar-refractivity contribution < 1.29 is 19.1 Å². The quantitative estimate of drug-likeness (QED) is 0.731. The number of esters is 1. The number of hydrogen-bond acceptors (Lipinski definition) is 4. The summed E-state index contributed by atoms with van der Waals surface area (Å²) in [6.07, 6.45) is 2.67. The maximum Gasteiger partial charge on any atom is 0.318 e. The van der Waals surface area contributed by atoms with Crippen LogP contribution >= 0.6 is 0 Å².